The van der Waals surface area contributed by atoms with Gasteiger partial charge in [-0.3, -0.25) is 0 Å². The Balaban J connectivity index is 1.68. The summed E-state index contributed by atoms with van der Waals surface area (Å²) in [7, 11) is 0. The number of para-hydroxylation sites is 1. The molecule has 0 aromatic heterocycles. The summed E-state index contributed by atoms with van der Waals surface area (Å²) < 4.78 is 0. The van der Waals surface area contributed by atoms with Crippen molar-refractivity contribution in [3.8, 4) is 0 Å². The van der Waals surface area contributed by atoms with Crippen LogP contribution in [0.2, 0.25) is 0 Å². The van der Waals surface area contributed by atoms with E-state index in [1.165, 1.54) is 16.7 Å². The molecule has 0 radical (unpaired) electrons. The van der Waals surface area contributed by atoms with Crippen LogP contribution in [0, 0.1) is 6.92 Å². The second kappa shape index (κ2) is 9.73. The van der Waals surface area contributed by atoms with Gasteiger partial charge in [-0.15, -0.1) is 0 Å². The van der Waals surface area contributed by atoms with Crippen LogP contribution >= 0.6 is 0 Å². The van der Waals surface area contributed by atoms with E-state index < -0.39 is 0 Å². The average molecular weight is 335 g/mol. The van der Waals surface area contributed by atoms with E-state index in [4.69, 9.17) is 0 Å². The highest BCUT2D eigenvalue weighted by atomic mass is 14.9. The molecule has 2 heteroatoms. The molecular weight excluding hydrogens is 304 g/mol. The number of benzene rings is 2. The summed E-state index contributed by atoms with van der Waals surface area (Å²) in [5.74, 6) is 0. The lowest BCUT2D eigenvalue weighted by atomic mass is 10.1. The van der Waals surface area contributed by atoms with Crippen LogP contribution in [0.3, 0.4) is 0 Å². The van der Waals surface area contributed by atoms with Crippen molar-refractivity contribution in [1.29, 1.82) is 0 Å². The molecule has 0 bridgehead atoms. The van der Waals surface area contributed by atoms with Crippen molar-refractivity contribution in [2.45, 2.75) is 46.1 Å². The van der Waals surface area contributed by atoms with E-state index >= 15 is 0 Å². The molecule has 2 aromatic rings. The molecule has 132 valence electrons. The van der Waals surface area contributed by atoms with E-state index in [1.807, 2.05) is 6.07 Å². The predicted octanol–water partition coefficient (Wildman–Crippen LogP) is 5.96. The number of anilines is 1. The van der Waals surface area contributed by atoms with Gasteiger partial charge in [0.15, 0.2) is 0 Å². The van der Waals surface area contributed by atoms with Crippen molar-refractivity contribution in [2.75, 3.05) is 5.32 Å². The van der Waals surface area contributed by atoms with Gasteiger partial charge in [0.1, 0.15) is 0 Å². The number of hydrogen-bond donors (Lipinski definition) is 2. The van der Waals surface area contributed by atoms with Crippen LogP contribution in [0.25, 0.3) is 0 Å². The van der Waals surface area contributed by atoms with Gasteiger partial charge in [0.25, 0.3) is 0 Å². The van der Waals surface area contributed by atoms with Gasteiger partial charge in [-0.2, -0.15) is 0 Å². The van der Waals surface area contributed by atoms with Gasteiger partial charge < -0.3 is 10.6 Å². The van der Waals surface area contributed by atoms with E-state index in [9.17, 15) is 0 Å². The lowest BCUT2D eigenvalue weighted by Gasteiger charge is -2.13. The zero-order valence-electron chi connectivity index (χ0n) is 15.6. The van der Waals surface area contributed by atoms with Crippen LogP contribution in [-0.4, -0.2) is 0 Å². The minimum absolute atomic E-state index is 0.842. The van der Waals surface area contributed by atoms with Crippen LogP contribution in [0.15, 0.2) is 73.1 Å². The zero-order valence-corrected chi connectivity index (χ0v) is 15.6. The Labute approximate surface area is 152 Å². The molecule has 0 fully saturated rings. The third kappa shape index (κ3) is 6.50. The molecule has 0 spiro atoms. The van der Waals surface area contributed by atoms with E-state index in [0.717, 1.165) is 49.3 Å². The molecule has 2 rings (SSSR count). The standard InChI is InChI=1S/C23H30N2/c1-5-21-13-9-14-22(16-21)17-24-19(3)11-8-12-20(4)25-23-15-7-6-10-18(23)2/h6-7,9-10,13-16,24-25H,3-5,8,11-12,17H2,1-2H3. The van der Waals surface area contributed by atoms with Gasteiger partial charge in [-0.05, 0) is 55.4 Å². The smallest absolute Gasteiger partial charge is 0.0411 e. The van der Waals surface area contributed by atoms with Crippen molar-refractivity contribution >= 4 is 5.69 Å². The lowest BCUT2D eigenvalue weighted by Crippen LogP contribution is -2.12. The first-order valence-electron chi connectivity index (χ1n) is 9.08. The maximum Gasteiger partial charge on any atom is 0.0411 e. The average Bonchev–Trinajstić information content (AvgIpc) is 2.62. The van der Waals surface area contributed by atoms with Gasteiger partial charge in [0.2, 0.25) is 0 Å². The highest BCUT2D eigenvalue weighted by molar-refractivity contribution is 5.53. The lowest BCUT2D eigenvalue weighted by molar-refractivity contribution is 0.711. The Bertz CT molecular complexity index is 716. The molecule has 0 saturated heterocycles. The van der Waals surface area contributed by atoms with Crippen molar-refractivity contribution in [3.05, 3.63) is 89.8 Å². The van der Waals surface area contributed by atoms with E-state index in [-0.39, 0.29) is 0 Å². The summed E-state index contributed by atoms with van der Waals surface area (Å²) in [6.07, 6.45) is 4.02. The van der Waals surface area contributed by atoms with E-state index in [1.54, 1.807) is 0 Å². The second-order valence-corrected chi connectivity index (χ2v) is 6.53. The Morgan fingerprint density at radius 1 is 0.920 bits per heavy atom. The maximum absolute atomic E-state index is 4.15. The number of aryl methyl sites for hydroxylation is 2. The molecule has 0 amide bonds. The first-order valence-corrected chi connectivity index (χ1v) is 9.08. The summed E-state index contributed by atoms with van der Waals surface area (Å²) >= 11 is 0. The normalized spacial score (nSPS) is 10.3. The van der Waals surface area contributed by atoms with Crippen LogP contribution in [0.1, 0.15) is 42.9 Å². The maximum atomic E-state index is 4.15. The molecule has 2 aromatic carbocycles. The molecule has 25 heavy (non-hydrogen) atoms. The van der Waals surface area contributed by atoms with Crippen LogP contribution in [0.4, 0.5) is 5.69 Å². The largest absolute Gasteiger partial charge is 0.385 e. The van der Waals surface area contributed by atoms with E-state index in [2.05, 4.69) is 80.1 Å². The molecule has 0 saturated carbocycles. The molecule has 0 atom stereocenters. The molecule has 0 aliphatic carbocycles. The fraction of sp³-hybridized carbons (Fsp3) is 0.304. The highest BCUT2D eigenvalue weighted by Crippen LogP contribution is 2.18. The summed E-state index contributed by atoms with van der Waals surface area (Å²) in [5.41, 5.74) is 7.21. The SMILES string of the molecule is C=C(CCCC(=C)Nc1ccccc1C)NCc1cccc(CC)c1. The van der Waals surface area contributed by atoms with Crippen LogP contribution < -0.4 is 10.6 Å². The Morgan fingerprint density at radius 3 is 2.40 bits per heavy atom. The minimum Gasteiger partial charge on any atom is -0.385 e. The Kier molecular flexibility index (Phi) is 7.34. The van der Waals surface area contributed by atoms with Gasteiger partial charge >= 0.3 is 0 Å². The van der Waals surface area contributed by atoms with Crippen molar-refractivity contribution in [1.82, 2.24) is 5.32 Å². The predicted molar refractivity (Wildman–Crippen MR) is 110 cm³/mol. The Morgan fingerprint density at radius 2 is 1.64 bits per heavy atom. The third-order valence-corrected chi connectivity index (χ3v) is 4.36. The first-order chi connectivity index (χ1) is 12.1. The van der Waals surface area contributed by atoms with Gasteiger partial charge in [-0.25, -0.2) is 0 Å². The number of hydrogen-bond acceptors (Lipinski definition) is 2. The van der Waals surface area contributed by atoms with Gasteiger partial charge in [0, 0.05) is 23.6 Å². The zero-order chi connectivity index (χ0) is 18.1. The summed E-state index contributed by atoms with van der Waals surface area (Å²) in [5, 5.41) is 6.85. The number of nitrogens with one attached hydrogen (secondary N) is 2. The summed E-state index contributed by atoms with van der Waals surface area (Å²) in [6, 6.07) is 17.0. The summed E-state index contributed by atoms with van der Waals surface area (Å²) in [6.45, 7) is 13.4. The second-order valence-electron chi connectivity index (χ2n) is 6.53. The van der Waals surface area contributed by atoms with Gasteiger partial charge in [-0.1, -0.05) is 62.5 Å². The van der Waals surface area contributed by atoms with Crippen LogP contribution in [-0.2, 0) is 13.0 Å². The molecule has 0 aliphatic rings. The molecule has 0 aliphatic heterocycles. The number of allylic oxidation sites excluding steroid dienone is 2. The van der Waals surface area contributed by atoms with Crippen molar-refractivity contribution in [2.24, 2.45) is 0 Å². The fourth-order valence-corrected chi connectivity index (χ4v) is 2.76. The molecular formula is C23H30N2. The highest BCUT2D eigenvalue weighted by Gasteiger charge is 2.01. The van der Waals surface area contributed by atoms with E-state index in [0.29, 0.717) is 0 Å². The monoisotopic (exact) mass is 334 g/mol. The first kappa shape index (κ1) is 18.9. The minimum atomic E-state index is 0.842. The van der Waals surface area contributed by atoms with Crippen LogP contribution in [0.5, 0.6) is 0 Å². The van der Waals surface area contributed by atoms with Crippen molar-refractivity contribution in [3.63, 3.8) is 0 Å². The molecule has 0 unspecified atom stereocenters. The molecule has 2 nitrogen and oxygen atoms in total. The summed E-state index contributed by atoms with van der Waals surface area (Å²) in [4.78, 5) is 0. The fourth-order valence-electron chi connectivity index (χ4n) is 2.76. The number of rotatable bonds is 10. The quantitative estimate of drug-likeness (QED) is 0.560. The topological polar surface area (TPSA) is 24.1 Å². The van der Waals surface area contributed by atoms with Crippen molar-refractivity contribution < 1.29 is 0 Å². The third-order valence-electron chi connectivity index (χ3n) is 4.36. The Hall–Kier alpha value is -2.48. The van der Waals surface area contributed by atoms with Gasteiger partial charge in [0.05, 0.1) is 0 Å². The molecule has 0 heterocycles. The molecule has 2 N–H and O–H groups in total.